The Hall–Kier alpha value is -2.38. The lowest BCUT2D eigenvalue weighted by molar-refractivity contribution is -0.132. The van der Waals surface area contributed by atoms with E-state index >= 15 is 0 Å². The van der Waals surface area contributed by atoms with Gasteiger partial charge in [0.25, 0.3) is 11.8 Å². The van der Waals surface area contributed by atoms with E-state index in [1.807, 2.05) is 0 Å². The number of hydrogen-bond acceptors (Lipinski definition) is 8. The number of carbonyl (C=O) groups is 2. The van der Waals surface area contributed by atoms with Gasteiger partial charge in [-0.05, 0) is 0 Å². The van der Waals surface area contributed by atoms with Crippen LogP contribution in [0, 0.1) is 0 Å². The van der Waals surface area contributed by atoms with E-state index in [2.05, 4.69) is 19.4 Å². The Morgan fingerprint density at radius 2 is 1.38 bits per heavy atom. The molecule has 8 heteroatoms. The molecule has 0 bridgehead atoms. The molecule has 86 valence electrons. The van der Waals surface area contributed by atoms with Gasteiger partial charge in [0.05, 0.1) is 0 Å². The van der Waals surface area contributed by atoms with Crippen LogP contribution in [-0.4, -0.2) is 21.9 Å². The molecule has 0 saturated heterocycles. The average Bonchev–Trinajstić information content (AvgIpc) is 2.11. The van der Waals surface area contributed by atoms with Crippen LogP contribution in [0.3, 0.4) is 0 Å². The molecule has 0 aliphatic heterocycles. The van der Waals surface area contributed by atoms with E-state index in [9.17, 15) is 9.59 Å². The number of nitrogens with zero attached hydrogens (tertiary/aromatic N) is 2. The first-order valence-electron chi connectivity index (χ1n) is 4.20. The number of anilines is 2. The van der Waals surface area contributed by atoms with Gasteiger partial charge in [0.1, 0.15) is 0 Å². The summed E-state index contributed by atoms with van der Waals surface area (Å²) in [5, 5.41) is 0. The molecule has 16 heavy (non-hydrogen) atoms. The lowest BCUT2D eigenvalue weighted by Crippen LogP contribution is -2.12. The molecule has 8 nitrogen and oxygen atoms in total. The minimum atomic E-state index is -0.626. The first-order chi connectivity index (χ1) is 7.40. The van der Waals surface area contributed by atoms with Crippen molar-refractivity contribution in [3.05, 3.63) is 0 Å². The number of nitrogens with two attached hydrogens (primary N) is 2. The first kappa shape index (κ1) is 11.7. The fourth-order valence-electron chi connectivity index (χ4n) is 0.873. The molecule has 4 N–H and O–H groups in total. The summed E-state index contributed by atoms with van der Waals surface area (Å²) in [6, 6.07) is 0. The first-order valence-corrected chi connectivity index (χ1v) is 4.20. The van der Waals surface area contributed by atoms with Crippen molar-refractivity contribution >= 4 is 23.6 Å². The quantitative estimate of drug-likeness (QED) is 0.644. The van der Waals surface area contributed by atoms with Crippen LogP contribution in [0.1, 0.15) is 13.8 Å². The number of esters is 2. The van der Waals surface area contributed by atoms with Gasteiger partial charge in [0.15, 0.2) is 5.69 Å². The maximum Gasteiger partial charge on any atom is 0.309 e. The number of rotatable bonds is 2. The van der Waals surface area contributed by atoms with Crippen LogP contribution in [-0.2, 0) is 9.59 Å². The van der Waals surface area contributed by atoms with Crippen LogP contribution in [0.25, 0.3) is 0 Å². The Balaban J connectivity index is 3.14. The molecule has 0 aliphatic rings. The van der Waals surface area contributed by atoms with Crippen molar-refractivity contribution in [3.63, 3.8) is 0 Å². The Morgan fingerprint density at radius 3 is 1.69 bits per heavy atom. The van der Waals surface area contributed by atoms with E-state index in [0.717, 1.165) is 0 Å². The second-order valence-electron chi connectivity index (χ2n) is 2.79. The van der Waals surface area contributed by atoms with E-state index in [0.29, 0.717) is 0 Å². The van der Waals surface area contributed by atoms with Crippen molar-refractivity contribution in [2.24, 2.45) is 0 Å². The molecule has 0 unspecified atom stereocenters. The molecule has 0 radical (unpaired) electrons. The second-order valence-corrected chi connectivity index (χ2v) is 2.79. The van der Waals surface area contributed by atoms with Gasteiger partial charge in [0.2, 0.25) is 5.95 Å². The Kier molecular flexibility index (Phi) is 3.24. The summed E-state index contributed by atoms with van der Waals surface area (Å²) >= 11 is 0. The molecular weight excluding hydrogens is 216 g/mol. The molecule has 0 spiro atoms. The highest BCUT2D eigenvalue weighted by Crippen LogP contribution is 2.28. The third-order valence-electron chi connectivity index (χ3n) is 1.37. The molecule has 0 atom stereocenters. The van der Waals surface area contributed by atoms with Crippen LogP contribution >= 0.6 is 0 Å². The predicted molar refractivity (Wildman–Crippen MR) is 53.5 cm³/mol. The van der Waals surface area contributed by atoms with Crippen molar-refractivity contribution in [1.29, 1.82) is 0 Å². The minimum absolute atomic E-state index is 0.167. The van der Waals surface area contributed by atoms with E-state index in [4.69, 9.17) is 11.5 Å². The fraction of sp³-hybridized carbons (Fsp3) is 0.250. The van der Waals surface area contributed by atoms with Gasteiger partial charge >= 0.3 is 11.9 Å². The van der Waals surface area contributed by atoms with Gasteiger partial charge in [-0.2, -0.15) is 9.97 Å². The van der Waals surface area contributed by atoms with Crippen LogP contribution in [0.5, 0.6) is 11.8 Å². The zero-order chi connectivity index (χ0) is 12.3. The zero-order valence-corrected chi connectivity index (χ0v) is 8.68. The monoisotopic (exact) mass is 226 g/mol. The fourth-order valence-corrected chi connectivity index (χ4v) is 0.873. The summed E-state index contributed by atoms with van der Waals surface area (Å²) in [5.74, 6) is -1.95. The second kappa shape index (κ2) is 4.43. The number of carbonyl (C=O) groups excluding carboxylic acids is 2. The van der Waals surface area contributed by atoms with Crippen molar-refractivity contribution < 1.29 is 19.1 Å². The molecule has 0 amide bonds. The molecule has 0 fully saturated rings. The van der Waals surface area contributed by atoms with Crippen LogP contribution < -0.4 is 20.9 Å². The van der Waals surface area contributed by atoms with Crippen molar-refractivity contribution in [2.75, 3.05) is 11.5 Å². The zero-order valence-electron chi connectivity index (χ0n) is 8.68. The summed E-state index contributed by atoms with van der Waals surface area (Å²) in [4.78, 5) is 28.6. The lowest BCUT2D eigenvalue weighted by atomic mass is 10.5. The Morgan fingerprint density at radius 1 is 1.00 bits per heavy atom. The predicted octanol–water partition coefficient (Wildman–Crippen LogP) is -0.508. The summed E-state index contributed by atoms with van der Waals surface area (Å²) in [6.45, 7) is 2.34. The maximum absolute atomic E-state index is 10.7. The molecule has 0 aromatic carbocycles. The summed E-state index contributed by atoms with van der Waals surface area (Å²) in [6.07, 6.45) is 0. The minimum Gasteiger partial charge on any atom is -0.405 e. The van der Waals surface area contributed by atoms with Crippen LogP contribution in [0.15, 0.2) is 0 Å². The van der Waals surface area contributed by atoms with Gasteiger partial charge in [-0.25, -0.2) is 0 Å². The van der Waals surface area contributed by atoms with Gasteiger partial charge in [-0.15, -0.1) is 0 Å². The van der Waals surface area contributed by atoms with Crippen molar-refractivity contribution in [2.45, 2.75) is 13.8 Å². The SMILES string of the molecule is CC(=O)Oc1nc(N)nc(OC(C)=O)c1N. The number of nitrogen functional groups attached to an aromatic ring is 2. The van der Waals surface area contributed by atoms with E-state index in [1.54, 1.807) is 0 Å². The number of hydrogen-bond donors (Lipinski definition) is 2. The average molecular weight is 226 g/mol. The van der Waals surface area contributed by atoms with Crippen LogP contribution in [0.4, 0.5) is 11.6 Å². The van der Waals surface area contributed by atoms with Gasteiger partial charge in [0, 0.05) is 13.8 Å². The molecular formula is C8H10N4O4. The normalized spacial score (nSPS) is 9.62. The molecule has 0 saturated carbocycles. The Labute approximate surface area is 90.6 Å². The number of aromatic nitrogens is 2. The van der Waals surface area contributed by atoms with Gasteiger partial charge in [-0.1, -0.05) is 0 Å². The molecule has 1 aromatic heterocycles. The third kappa shape index (κ3) is 2.80. The number of ether oxygens (including phenoxy) is 2. The largest absolute Gasteiger partial charge is 0.405 e. The maximum atomic E-state index is 10.7. The molecule has 1 heterocycles. The van der Waals surface area contributed by atoms with E-state index in [-0.39, 0.29) is 23.4 Å². The summed E-state index contributed by atoms with van der Waals surface area (Å²) < 4.78 is 9.32. The van der Waals surface area contributed by atoms with Gasteiger partial charge < -0.3 is 20.9 Å². The Bertz CT molecular complexity index is 409. The van der Waals surface area contributed by atoms with Crippen molar-refractivity contribution in [3.8, 4) is 11.8 Å². The smallest absolute Gasteiger partial charge is 0.309 e. The molecule has 0 aliphatic carbocycles. The van der Waals surface area contributed by atoms with Crippen LogP contribution in [0.2, 0.25) is 0 Å². The highest BCUT2D eigenvalue weighted by molar-refractivity contribution is 5.75. The van der Waals surface area contributed by atoms with Crippen molar-refractivity contribution in [1.82, 2.24) is 9.97 Å². The van der Waals surface area contributed by atoms with E-state index < -0.39 is 11.9 Å². The van der Waals surface area contributed by atoms with Gasteiger partial charge in [-0.3, -0.25) is 9.59 Å². The highest BCUT2D eigenvalue weighted by Gasteiger charge is 2.16. The summed E-state index contributed by atoms with van der Waals surface area (Å²) in [7, 11) is 0. The topological polar surface area (TPSA) is 130 Å². The lowest BCUT2D eigenvalue weighted by Gasteiger charge is -2.08. The molecule has 1 aromatic rings. The van der Waals surface area contributed by atoms with E-state index in [1.165, 1.54) is 13.8 Å². The highest BCUT2D eigenvalue weighted by atomic mass is 16.6. The summed E-state index contributed by atoms with van der Waals surface area (Å²) in [5.41, 5.74) is 10.7. The standard InChI is InChI=1S/C8H10N4O4/c1-3(13)15-6-5(9)7(16-4(2)14)12-8(10)11-6/h9H2,1-2H3,(H2,10,11,12). The molecule has 1 rings (SSSR count). The third-order valence-corrected chi connectivity index (χ3v) is 1.37.